The van der Waals surface area contributed by atoms with Gasteiger partial charge in [0.25, 0.3) is 0 Å². The molecule has 0 bridgehead atoms. The van der Waals surface area contributed by atoms with Crippen LogP contribution in [0.4, 0.5) is 51.2 Å². The molecule has 0 spiro atoms. The molecule has 0 radical (unpaired) electrons. The topological polar surface area (TPSA) is 57.6 Å². The molecule has 0 amide bonds. The third-order valence-corrected chi connectivity index (χ3v) is 11.2. The van der Waals surface area contributed by atoms with E-state index in [9.17, 15) is 0 Å². The number of anilines is 9. The second-order valence-electron chi connectivity index (χ2n) is 15.3. The van der Waals surface area contributed by atoms with Gasteiger partial charge in [0.1, 0.15) is 0 Å². The second-order valence-corrected chi connectivity index (χ2v) is 15.3. The minimum atomic E-state index is 0.534. The van der Waals surface area contributed by atoms with Crippen LogP contribution in [0, 0.1) is 0 Å². The Morgan fingerprint density at radius 2 is 0.609 bits per heavy atom. The largest absolute Gasteiger partial charge is 0.453 e. The molecule has 11 rings (SSSR count). The van der Waals surface area contributed by atoms with Crippen LogP contribution in [0.15, 0.2) is 243 Å². The van der Waals surface area contributed by atoms with Crippen LogP contribution in [0.1, 0.15) is 0 Å². The summed E-state index contributed by atoms with van der Waals surface area (Å²) < 4.78 is 6.68. The van der Waals surface area contributed by atoms with E-state index in [4.69, 9.17) is 19.7 Å². The summed E-state index contributed by atoms with van der Waals surface area (Å²) in [5, 5.41) is 0. The lowest BCUT2D eigenvalue weighted by Crippen LogP contribution is -2.23. The Labute approximate surface area is 372 Å². The number of nitrogens with zero attached hydrogens (tertiary/aromatic N) is 6. The summed E-state index contributed by atoms with van der Waals surface area (Å²) in [6.07, 6.45) is 0. The molecule has 0 N–H and O–H groups in total. The number of para-hydroxylation sites is 8. The number of hydrogen-bond acceptors (Lipinski definition) is 7. The van der Waals surface area contributed by atoms with Crippen LogP contribution < -0.4 is 19.4 Å². The number of hydrogen-bond donors (Lipinski definition) is 0. The van der Waals surface area contributed by atoms with Gasteiger partial charge in [-0.1, -0.05) is 158 Å². The molecule has 0 unspecified atom stereocenters. The first-order chi connectivity index (χ1) is 31.8. The van der Waals surface area contributed by atoms with Gasteiger partial charge in [-0.3, -0.25) is 4.90 Å². The predicted molar refractivity (Wildman–Crippen MR) is 260 cm³/mol. The molecule has 0 atom stereocenters. The zero-order valence-electron chi connectivity index (χ0n) is 34.7. The van der Waals surface area contributed by atoms with Crippen LogP contribution in [0.25, 0.3) is 34.2 Å². The van der Waals surface area contributed by atoms with Crippen molar-refractivity contribution in [2.45, 2.75) is 0 Å². The van der Waals surface area contributed by atoms with E-state index < -0.39 is 0 Å². The first-order valence-corrected chi connectivity index (χ1v) is 21.3. The fourth-order valence-electron chi connectivity index (χ4n) is 8.35. The minimum absolute atomic E-state index is 0.534. The number of benzene rings is 9. The van der Waals surface area contributed by atoms with Gasteiger partial charge in [-0.05, 0) is 84.9 Å². The van der Waals surface area contributed by atoms with Gasteiger partial charge in [-0.25, -0.2) is 15.0 Å². The Kier molecular flexibility index (Phi) is 10.1. The van der Waals surface area contributed by atoms with Crippen molar-refractivity contribution < 1.29 is 4.74 Å². The van der Waals surface area contributed by atoms with Gasteiger partial charge in [0.05, 0.1) is 28.4 Å². The van der Waals surface area contributed by atoms with Gasteiger partial charge in [0.15, 0.2) is 29.0 Å². The molecule has 0 aliphatic carbocycles. The smallest absolute Gasteiger partial charge is 0.164 e. The molecule has 7 heteroatoms. The molecule has 1 aliphatic heterocycles. The predicted octanol–water partition coefficient (Wildman–Crippen LogP) is 15.4. The van der Waals surface area contributed by atoms with E-state index in [1.807, 2.05) is 84.9 Å². The number of fused-ring (bicyclic) bond motifs is 2. The summed E-state index contributed by atoms with van der Waals surface area (Å²) in [6.45, 7) is 0. The Hall–Kier alpha value is -8.81. The number of aromatic nitrogens is 3. The first-order valence-electron chi connectivity index (χ1n) is 21.3. The molecule has 2 heterocycles. The lowest BCUT2D eigenvalue weighted by Gasteiger charge is -2.40. The van der Waals surface area contributed by atoms with Crippen LogP contribution >= 0.6 is 0 Å². The Morgan fingerprint density at radius 3 is 0.969 bits per heavy atom. The van der Waals surface area contributed by atoms with Crippen LogP contribution in [0.2, 0.25) is 0 Å². The van der Waals surface area contributed by atoms with E-state index >= 15 is 0 Å². The maximum Gasteiger partial charge on any atom is 0.164 e. The Balaban J connectivity index is 1.31. The van der Waals surface area contributed by atoms with Gasteiger partial charge >= 0.3 is 0 Å². The average molecular weight is 825 g/mol. The molecule has 1 aromatic heterocycles. The van der Waals surface area contributed by atoms with E-state index in [2.05, 4.69) is 172 Å². The molecule has 7 nitrogen and oxygen atoms in total. The van der Waals surface area contributed by atoms with Crippen LogP contribution in [0.3, 0.4) is 0 Å². The van der Waals surface area contributed by atoms with Crippen molar-refractivity contribution >= 4 is 51.2 Å². The van der Waals surface area contributed by atoms with Gasteiger partial charge in [0, 0.05) is 39.4 Å². The fraction of sp³-hybridized carbons (Fsp3) is 0. The molecule has 0 saturated heterocycles. The molecular formula is C57H40N6O. The maximum absolute atomic E-state index is 6.68. The van der Waals surface area contributed by atoms with Crippen molar-refractivity contribution in [3.63, 3.8) is 0 Å². The Morgan fingerprint density at radius 1 is 0.312 bits per heavy atom. The molecule has 304 valence electrons. The van der Waals surface area contributed by atoms with Gasteiger partial charge < -0.3 is 14.5 Å². The van der Waals surface area contributed by atoms with E-state index in [0.717, 1.165) is 79.4 Å². The summed E-state index contributed by atoms with van der Waals surface area (Å²) in [7, 11) is 0. The summed E-state index contributed by atoms with van der Waals surface area (Å²) in [6, 6.07) is 83.3. The second kappa shape index (κ2) is 16.9. The van der Waals surface area contributed by atoms with Gasteiger partial charge in [-0.2, -0.15) is 0 Å². The average Bonchev–Trinajstić information content (AvgIpc) is 3.37. The van der Waals surface area contributed by atoms with Crippen molar-refractivity contribution in [2.24, 2.45) is 0 Å². The first kappa shape index (κ1) is 38.1. The SMILES string of the molecule is c1ccc(-c2nc(-c3ccccc3)nc(-c3cc(N(c4ccccc4)c4ccccc4)c(N4c5ccccc5Oc5ccccc54)c(N(c4ccccc4)c4ccccc4)c3)n2)cc1. The summed E-state index contributed by atoms with van der Waals surface area (Å²) in [4.78, 5) is 22.7. The van der Waals surface area contributed by atoms with Crippen LogP contribution in [0.5, 0.6) is 11.5 Å². The lowest BCUT2D eigenvalue weighted by atomic mass is 10.0. The molecule has 1 aliphatic rings. The van der Waals surface area contributed by atoms with Crippen molar-refractivity contribution in [3.05, 3.63) is 243 Å². The quantitative estimate of drug-likeness (QED) is 0.136. The summed E-state index contributed by atoms with van der Waals surface area (Å²) in [5.74, 6) is 3.19. The monoisotopic (exact) mass is 824 g/mol. The van der Waals surface area contributed by atoms with Gasteiger partial charge in [-0.15, -0.1) is 0 Å². The Bertz CT molecular complexity index is 2900. The third-order valence-electron chi connectivity index (χ3n) is 11.2. The van der Waals surface area contributed by atoms with Gasteiger partial charge in [0.2, 0.25) is 0 Å². The summed E-state index contributed by atoms with van der Waals surface area (Å²) >= 11 is 0. The van der Waals surface area contributed by atoms with Crippen LogP contribution in [-0.2, 0) is 0 Å². The number of ether oxygens (including phenoxy) is 1. The highest BCUT2D eigenvalue weighted by molar-refractivity contribution is 6.04. The third kappa shape index (κ3) is 7.27. The lowest BCUT2D eigenvalue weighted by molar-refractivity contribution is 0.477. The van der Waals surface area contributed by atoms with E-state index in [0.29, 0.717) is 17.5 Å². The molecule has 0 saturated carbocycles. The van der Waals surface area contributed by atoms with E-state index in [1.54, 1.807) is 0 Å². The molecule has 0 fully saturated rings. The standard InChI is InChI=1S/C57H40N6O/c1-7-23-41(24-8-1)55-58-56(42-25-9-2-10-26-42)60-57(59-55)43-39-50(61(44-27-11-3-12-28-44)45-29-13-4-14-30-45)54(63-48-35-19-21-37-52(48)64-53-38-22-20-36-49(53)63)51(40-43)62(46-31-15-5-16-32-46)47-33-17-6-18-34-47/h1-40H. The number of rotatable bonds is 10. The molecule has 10 aromatic rings. The van der Waals surface area contributed by atoms with E-state index in [1.165, 1.54) is 0 Å². The zero-order valence-corrected chi connectivity index (χ0v) is 34.7. The van der Waals surface area contributed by atoms with E-state index in [-0.39, 0.29) is 0 Å². The molecular weight excluding hydrogens is 785 g/mol. The maximum atomic E-state index is 6.68. The summed E-state index contributed by atoms with van der Waals surface area (Å²) in [5.41, 5.74) is 11.0. The molecule has 64 heavy (non-hydrogen) atoms. The van der Waals surface area contributed by atoms with Crippen molar-refractivity contribution in [1.29, 1.82) is 0 Å². The normalized spacial score (nSPS) is 11.5. The highest BCUT2D eigenvalue weighted by atomic mass is 16.5. The van der Waals surface area contributed by atoms with Crippen molar-refractivity contribution in [1.82, 2.24) is 15.0 Å². The highest BCUT2D eigenvalue weighted by Gasteiger charge is 2.34. The molecule has 9 aromatic carbocycles. The zero-order chi connectivity index (χ0) is 42.7. The van der Waals surface area contributed by atoms with Crippen molar-refractivity contribution in [2.75, 3.05) is 14.7 Å². The minimum Gasteiger partial charge on any atom is -0.453 e. The van der Waals surface area contributed by atoms with Crippen LogP contribution in [-0.4, -0.2) is 15.0 Å². The fourth-order valence-corrected chi connectivity index (χ4v) is 8.35. The highest BCUT2D eigenvalue weighted by Crippen LogP contribution is 2.58. The van der Waals surface area contributed by atoms with Crippen molar-refractivity contribution in [3.8, 4) is 45.7 Å².